The van der Waals surface area contributed by atoms with Crippen molar-refractivity contribution >= 4 is 41.2 Å². The minimum absolute atomic E-state index is 0. The number of nitrogens with one attached hydrogen (secondary N) is 1. The molecular formula is C24H23KN2O7S. The minimum Gasteiger partial charge on any atom is -0.548 e. The molecule has 2 fully saturated rings. The van der Waals surface area contributed by atoms with E-state index in [4.69, 9.17) is 4.74 Å². The smallest absolute Gasteiger partial charge is 0.548 e. The van der Waals surface area contributed by atoms with Gasteiger partial charge in [0.15, 0.2) is 5.78 Å². The van der Waals surface area contributed by atoms with Gasteiger partial charge in [-0.3, -0.25) is 14.9 Å². The Morgan fingerprint density at radius 1 is 1.14 bits per heavy atom. The molecular weight excluding hydrogens is 499 g/mol. The first-order valence-corrected chi connectivity index (χ1v) is 11.5. The van der Waals surface area contributed by atoms with Crippen LogP contribution in [0.4, 0.5) is 10.5 Å². The van der Waals surface area contributed by atoms with Crippen molar-refractivity contribution in [2.24, 2.45) is 5.92 Å². The van der Waals surface area contributed by atoms with Gasteiger partial charge in [0.05, 0.1) is 17.4 Å². The zero-order valence-electron chi connectivity index (χ0n) is 19.5. The van der Waals surface area contributed by atoms with Crippen molar-refractivity contribution < 1.29 is 85.5 Å². The standard InChI is InChI=1S/C24H24N2O7S.K/c1-24(2)19(22(30)31)26-20(29)16(21(26)34-24)18(28)17(27)14-8-10-15(11-9-14)25-23(32)33-12-13-6-4-3-5-7-13;/h3-11,16,18-19,21,28H,12H2,1-2H3,(H,25,32)(H,30,31);/q;+1/p-1/t16-,18+,19+,21-;/m1./s1. The number of aliphatic hydroxyl groups excluding tert-OH is 1. The first-order chi connectivity index (χ1) is 16.1. The Kier molecular flexibility index (Phi) is 8.85. The van der Waals surface area contributed by atoms with Gasteiger partial charge in [0.2, 0.25) is 5.91 Å². The molecule has 9 nitrogen and oxygen atoms in total. The average Bonchev–Trinajstić information content (AvgIpc) is 3.05. The predicted octanol–water partition coefficient (Wildman–Crippen LogP) is -1.59. The van der Waals surface area contributed by atoms with E-state index >= 15 is 0 Å². The molecule has 0 unspecified atom stereocenters. The number of carbonyl (C=O) groups is 4. The zero-order valence-corrected chi connectivity index (χ0v) is 23.4. The summed E-state index contributed by atoms with van der Waals surface area (Å²) in [5.74, 6) is -3.64. The molecule has 178 valence electrons. The second-order valence-corrected chi connectivity index (χ2v) is 10.4. The Hall–Kier alpha value is -1.73. The van der Waals surface area contributed by atoms with E-state index in [9.17, 15) is 29.4 Å². The monoisotopic (exact) mass is 522 g/mol. The Bertz CT molecular complexity index is 1130. The molecule has 4 rings (SSSR count). The third-order valence-corrected chi connectivity index (χ3v) is 7.54. The Balaban J connectivity index is 0.00000342. The van der Waals surface area contributed by atoms with Gasteiger partial charge in [0, 0.05) is 16.0 Å². The number of ether oxygens (including phenoxy) is 1. The van der Waals surface area contributed by atoms with Gasteiger partial charge in [-0.2, -0.15) is 0 Å². The molecule has 2 aromatic carbocycles. The number of thioether (sulfide) groups is 1. The van der Waals surface area contributed by atoms with Crippen molar-refractivity contribution in [3.63, 3.8) is 0 Å². The number of carbonyl (C=O) groups excluding carboxylic acids is 4. The fourth-order valence-corrected chi connectivity index (χ4v) is 5.95. The number of hydrogen-bond donors (Lipinski definition) is 2. The second kappa shape index (κ2) is 11.1. The number of carboxylic acids is 1. The first kappa shape index (κ1) is 27.8. The van der Waals surface area contributed by atoms with Crippen LogP contribution in [-0.4, -0.2) is 56.0 Å². The molecule has 0 bridgehead atoms. The number of aliphatic hydroxyl groups is 1. The average molecular weight is 523 g/mol. The summed E-state index contributed by atoms with van der Waals surface area (Å²) in [6, 6.07) is 13.9. The van der Waals surface area contributed by atoms with E-state index < -0.39 is 51.9 Å². The number of carboxylic acid groups (broad SMARTS) is 1. The number of hydrogen-bond acceptors (Lipinski definition) is 8. The summed E-state index contributed by atoms with van der Waals surface area (Å²) in [6.07, 6.45) is -2.28. The summed E-state index contributed by atoms with van der Waals surface area (Å²) in [6.45, 7) is 3.48. The molecule has 0 aliphatic carbocycles. The Morgan fingerprint density at radius 2 is 1.77 bits per heavy atom. The molecule has 2 aromatic rings. The van der Waals surface area contributed by atoms with Gasteiger partial charge in [-0.25, -0.2) is 4.79 Å². The summed E-state index contributed by atoms with van der Waals surface area (Å²) in [5, 5.41) is 24.1. The topological polar surface area (TPSA) is 136 Å². The van der Waals surface area contributed by atoms with E-state index in [-0.39, 0.29) is 63.6 Å². The maximum atomic E-state index is 12.8. The van der Waals surface area contributed by atoms with Crippen LogP contribution in [0.1, 0.15) is 29.8 Å². The van der Waals surface area contributed by atoms with Crippen LogP contribution >= 0.6 is 11.8 Å². The van der Waals surface area contributed by atoms with Crippen LogP contribution in [0.15, 0.2) is 54.6 Å². The Morgan fingerprint density at radius 3 is 2.37 bits per heavy atom. The SMILES string of the molecule is CC1(C)S[C@@H]2[C@H]([C@H](O)C(=O)c3ccc(NC(=O)OCc4ccccc4)cc3)C(=O)N2[C@H]1C(=O)[O-].[K+]. The molecule has 11 heteroatoms. The summed E-state index contributed by atoms with van der Waals surface area (Å²) in [7, 11) is 0. The molecule has 2 aliphatic heterocycles. The van der Waals surface area contributed by atoms with Gasteiger partial charge < -0.3 is 24.6 Å². The predicted molar refractivity (Wildman–Crippen MR) is 122 cm³/mol. The van der Waals surface area contributed by atoms with Crippen molar-refractivity contribution in [3.8, 4) is 0 Å². The normalized spacial score (nSPS) is 22.8. The number of Topliss-reactive ketones (excluding diaryl/α,β-unsaturated/α-hetero) is 1. The van der Waals surface area contributed by atoms with Crippen molar-refractivity contribution in [3.05, 3.63) is 65.7 Å². The number of rotatable bonds is 7. The third-order valence-electron chi connectivity index (χ3n) is 5.94. The van der Waals surface area contributed by atoms with E-state index in [0.29, 0.717) is 5.69 Å². The van der Waals surface area contributed by atoms with Gasteiger partial charge in [0.25, 0.3) is 0 Å². The van der Waals surface area contributed by atoms with Crippen LogP contribution in [0, 0.1) is 5.92 Å². The number of ketones is 1. The molecule has 4 atom stereocenters. The molecule has 0 spiro atoms. The molecule has 0 saturated carbocycles. The maximum Gasteiger partial charge on any atom is 1.00 e. The molecule has 0 radical (unpaired) electrons. The third kappa shape index (κ3) is 5.66. The fraction of sp³-hybridized carbons (Fsp3) is 0.333. The van der Waals surface area contributed by atoms with Crippen LogP contribution < -0.4 is 61.8 Å². The maximum absolute atomic E-state index is 12.8. The van der Waals surface area contributed by atoms with Crippen LogP contribution in [0.5, 0.6) is 0 Å². The van der Waals surface area contributed by atoms with Crippen LogP contribution in [0.25, 0.3) is 0 Å². The molecule has 2 amide bonds. The van der Waals surface area contributed by atoms with Crippen molar-refractivity contribution in [2.75, 3.05) is 5.32 Å². The molecule has 2 heterocycles. The van der Waals surface area contributed by atoms with Crippen molar-refractivity contribution in [1.82, 2.24) is 4.90 Å². The molecule has 2 aliphatic rings. The molecule has 2 saturated heterocycles. The summed E-state index contributed by atoms with van der Waals surface area (Å²) < 4.78 is 4.34. The largest absolute Gasteiger partial charge is 1.00 e. The first-order valence-electron chi connectivity index (χ1n) is 10.6. The van der Waals surface area contributed by atoms with E-state index in [1.54, 1.807) is 13.8 Å². The van der Waals surface area contributed by atoms with Crippen LogP contribution in [0.3, 0.4) is 0 Å². The minimum atomic E-state index is -1.62. The fourth-order valence-electron chi connectivity index (χ4n) is 4.24. The zero-order chi connectivity index (χ0) is 24.6. The van der Waals surface area contributed by atoms with Crippen LogP contribution in [-0.2, 0) is 20.9 Å². The number of β-lactam (4-membered cyclic amide) rings is 1. The van der Waals surface area contributed by atoms with Gasteiger partial charge in [0.1, 0.15) is 18.6 Å². The van der Waals surface area contributed by atoms with Gasteiger partial charge in [-0.05, 0) is 43.7 Å². The summed E-state index contributed by atoms with van der Waals surface area (Å²) >= 11 is 1.23. The van der Waals surface area contributed by atoms with E-state index in [1.165, 1.54) is 40.9 Å². The quantitative estimate of drug-likeness (QED) is 0.252. The van der Waals surface area contributed by atoms with Crippen LogP contribution in [0.2, 0.25) is 0 Å². The summed E-state index contributed by atoms with van der Waals surface area (Å²) in [5.41, 5.74) is 1.38. The Labute approximate surface area is 249 Å². The summed E-state index contributed by atoms with van der Waals surface area (Å²) in [4.78, 5) is 50.1. The number of aliphatic carboxylic acids is 1. The molecule has 35 heavy (non-hydrogen) atoms. The number of nitrogens with zero attached hydrogens (tertiary/aromatic N) is 1. The van der Waals surface area contributed by atoms with Crippen molar-refractivity contribution in [2.45, 2.75) is 42.7 Å². The number of benzene rings is 2. The van der Waals surface area contributed by atoms with Gasteiger partial charge in [-0.15, -0.1) is 11.8 Å². The molecule has 0 aromatic heterocycles. The molecule has 2 N–H and O–H groups in total. The van der Waals surface area contributed by atoms with E-state index in [2.05, 4.69) is 5.32 Å². The van der Waals surface area contributed by atoms with E-state index in [0.717, 1.165) is 5.56 Å². The number of anilines is 1. The van der Waals surface area contributed by atoms with Gasteiger partial charge in [-0.1, -0.05) is 30.3 Å². The number of fused-ring (bicyclic) bond motifs is 1. The van der Waals surface area contributed by atoms with Gasteiger partial charge >= 0.3 is 57.5 Å². The van der Waals surface area contributed by atoms with Crippen molar-refractivity contribution in [1.29, 1.82) is 0 Å². The second-order valence-electron chi connectivity index (χ2n) is 8.68. The number of amides is 2. The van der Waals surface area contributed by atoms with E-state index in [1.807, 2.05) is 30.3 Å².